The van der Waals surface area contributed by atoms with Crippen LogP contribution < -0.4 is 25.8 Å². The third kappa shape index (κ3) is 6.00. The number of rotatable bonds is 8. The van der Waals surface area contributed by atoms with Crippen LogP contribution >= 0.6 is 24.0 Å². The number of carbonyl (C=O) groups is 1. The zero-order valence-corrected chi connectivity index (χ0v) is 29.4. The molecule has 2 aromatic carbocycles. The normalized spacial score (nSPS) is 15.8. The van der Waals surface area contributed by atoms with Gasteiger partial charge in [0.05, 0.1) is 22.0 Å². The van der Waals surface area contributed by atoms with Crippen molar-refractivity contribution in [3.8, 4) is 11.8 Å². The van der Waals surface area contributed by atoms with Crippen molar-refractivity contribution in [3.63, 3.8) is 0 Å². The number of pyridine rings is 1. The molecule has 2 aliphatic rings. The fourth-order valence-corrected chi connectivity index (χ4v) is 7.73. The van der Waals surface area contributed by atoms with Gasteiger partial charge in [0, 0.05) is 45.3 Å². The van der Waals surface area contributed by atoms with Crippen LogP contribution in [0.2, 0.25) is 0 Å². The third-order valence-corrected chi connectivity index (χ3v) is 10.5. The van der Waals surface area contributed by atoms with E-state index in [4.69, 9.17) is 12.2 Å². The van der Waals surface area contributed by atoms with Crippen LogP contribution in [0, 0.1) is 31.0 Å². The van der Waals surface area contributed by atoms with E-state index in [9.17, 15) is 24.0 Å². The van der Waals surface area contributed by atoms with Crippen LogP contribution in [0.15, 0.2) is 69.1 Å². The van der Waals surface area contributed by atoms with Crippen molar-refractivity contribution in [1.29, 1.82) is 5.26 Å². The summed E-state index contributed by atoms with van der Waals surface area (Å²) >= 11 is 6.79. The number of unbranched alkanes of at least 4 members (excludes halogenated alkanes) is 1. The van der Waals surface area contributed by atoms with Gasteiger partial charge in [0.2, 0.25) is 0 Å². The van der Waals surface area contributed by atoms with Gasteiger partial charge in [0.15, 0.2) is 4.32 Å². The number of aromatic nitrogens is 3. The van der Waals surface area contributed by atoms with Crippen LogP contribution in [0.3, 0.4) is 0 Å². The summed E-state index contributed by atoms with van der Waals surface area (Å²) in [5.74, 6) is -0.145. The highest BCUT2D eigenvalue weighted by Crippen LogP contribution is 2.39. The molecule has 0 spiro atoms. The van der Waals surface area contributed by atoms with Crippen molar-refractivity contribution in [2.75, 3.05) is 40.9 Å². The average Bonchev–Trinajstić information content (AvgIpc) is 3.49. The number of anilines is 3. The number of hydrogen-bond donors (Lipinski definition) is 0. The predicted octanol–water partition coefficient (Wildman–Crippen LogP) is 5.50. The van der Waals surface area contributed by atoms with E-state index in [0.717, 1.165) is 18.2 Å². The van der Waals surface area contributed by atoms with Gasteiger partial charge in [-0.05, 0) is 56.2 Å². The molecule has 13 heteroatoms. The van der Waals surface area contributed by atoms with Crippen LogP contribution in [-0.4, -0.2) is 50.3 Å². The highest BCUT2D eigenvalue weighted by atomic mass is 32.2. The fraction of sp³-hybridized carbons (Fsp3) is 0.306. The summed E-state index contributed by atoms with van der Waals surface area (Å²) < 4.78 is 19.7. The summed E-state index contributed by atoms with van der Waals surface area (Å²) in [4.78, 5) is 47.4. The van der Waals surface area contributed by atoms with Gasteiger partial charge in [-0.15, -0.1) is 0 Å². The van der Waals surface area contributed by atoms with Crippen molar-refractivity contribution in [3.05, 3.63) is 108 Å². The van der Waals surface area contributed by atoms with Crippen molar-refractivity contribution < 1.29 is 9.18 Å². The minimum atomic E-state index is -0.458. The van der Waals surface area contributed by atoms with Gasteiger partial charge in [-0.25, -0.2) is 9.07 Å². The number of benzene rings is 2. The van der Waals surface area contributed by atoms with Crippen LogP contribution in [0.1, 0.15) is 42.1 Å². The second-order valence-electron chi connectivity index (χ2n) is 12.0. The number of piperazine rings is 1. The summed E-state index contributed by atoms with van der Waals surface area (Å²) in [5, 5.41) is 10.1. The Morgan fingerprint density at radius 1 is 0.959 bits per heavy atom. The molecule has 49 heavy (non-hydrogen) atoms. The Balaban J connectivity index is 1.44. The molecular weight excluding hydrogens is 662 g/mol. The first-order valence-corrected chi connectivity index (χ1v) is 17.3. The molecule has 2 fully saturated rings. The zero-order chi connectivity index (χ0) is 35.0. The lowest BCUT2D eigenvalue weighted by atomic mass is 10.0. The van der Waals surface area contributed by atoms with Crippen molar-refractivity contribution in [2.24, 2.45) is 7.05 Å². The molecule has 0 atom stereocenters. The summed E-state index contributed by atoms with van der Waals surface area (Å²) in [6.45, 7) is 7.87. The molecule has 2 aliphatic heterocycles. The van der Waals surface area contributed by atoms with E-state index in [0.29, 0.717) is 73.2 Å². The molecule has 4 heterocycles. The number of hydrogen-bond acceptors (Lipinski definition) is 8. The summed E-state index contributed by atoms with van der Waals surface area (Å²) in [7, 11) is 1.76. The highest BCUT2D eigenvalue weighted by molar-refractivity contribution is 8.27. The summed E-state index contributed by atoms with van der Waals surface area (Å²) in [5.41, 5.74) is 2.18. The molecule has 0 N–H and O–H groups in total. The smallest absolute Gasteiger partial charge is 0.296 e. The Morgan fingerprint density at radius 2 is 1.61 bits per heavy atom. The average molecular weight is 698 g/mol. The number of nitriles is 1. The van der Waals surface area contributed by atoms with Crippen molar-refractivity contribution >= 4 is 57.5 Å². The molecule has 0 unspecified atom stereocenters. The molecule has 252 valence electrons. The van der Waals surface area contributed by atoms with Crippen molar-refractivity contribution in [2.45, 2.75) is 40.2 Å². The predicted molar refractivity (Wildman–Crippen MR) is 197 cm³/mol. The quantitative estimate of drug-likeness (QED) is 0.176. The lowest BCUT2D eigenvalue weighted by Crippen LogP contribution is -2.49. The molecule has 2 aromatic heterocycles. The molecule has 2 saturated heterocycles. The van der Waals surface area contributed by atoms with E-state index in [1.54, 1.807) is 54.4 Å². The molecule has 10 nitrogen and oxygen atoms in total. The van der Waals surface area contributed by atoms with E-state index >= 15 is 0 Å². The van der Waals surface area contributed by atoms with E-state index in [1.165, 1.54) is 15.6 Å². The molecule has 6 rings (SSSR count). The Bertz CT molecular complexity index is 2160. The van der Waals surface area contributed by atoms with Crippen molar-refractivity contribution in [1.82, 2.24) is 13.9 Å². The molecule has 0 radical (unpaired) electrons. The Hall–Kier alpha value is -4.93. The number of thioether (sulfide) groups is 1. The van der Waals surface area contributed by atoms with Gasteiger partial charge < -0.3 is 9.80 Å². The van der Waals surface area contributed by atoms with Gasteiger partial charge in [-0.1, -0.05) is 67.7 Å². The second kappa shape index (κ2) is 13.9. The molecule has 0 saturated carbocycles. The molecule has 0 aliphatic carbocycles. The minimum absolute atomic E-state index is 0.0104. The monoisotopic (exact) mass is 697 g/mol. The zero-order valence-electron chi connectivity index (χ0n) is 27.8. The highest BCUT2D eigenvalue weighted by Gasteiger charge is 2.38. The number of para-hydroxylation sites is 2. The number of nitrogens with zero attached hydrogens (tertiary/aromatic N) is 7. The lowest BCUT2D eigenvalue weighted by Gasteiger charge is -2.39. The van der Waals surface area contributed by atoms with Gasteiger partial charge in [-0.2, -0.15) is 5.26 Å². The Labute approximate surface area is 293 Å². The molecular formula is C36H36FN7O3S2. The SMILES string of the molecule is CCCCn1c(N2CCN(c3ccccc3F)CC2)c(C=C2SC(=S)N(c3c(C)n(C)n(-c4ccccc4)c3=O)C2=O)c(C)c(C#N)c1=O. The minimum Gasteiger partial charge on any atom is -0.366 e. The first kappa shape index (κ1) is 34.0. The van der Waals surface area contributed by atoms with Gasteiger partial charge >= 0.3 is 0 Å². The number of halogens is 1. The van der Waals surface area contributed by atoms with Gasteiger partial charge in [-0.3, -0.25) is 28.5 Å². The van der Waals surface area contributed by atoms with Gasteiger partial charge in [0.25, 0.3) is 17.0 Å². The number of thiocarbonyl (C=S) groups is 1. The molecule has 4 aromatic rings. The van der Waals surface area contributed by atoms with Crippen LogP contribution in [-0.2, 0) is 18.4 Å². The maximum absolute atomic E-state index is 14.7. The lowest BCUT2D eigenvalue weighted by molar-refractivity contribution is -0.113. The summed E-state index contributed by atoms with van der Waals surface area (Å²) in [6.07, 6.45) is 3.23. The van der Waals surface area contributed by atoms with Crippen LogP contribution in [0.5, 0.6) is 0 Å². The first-order chi connectivity index (χ1) is 23.6. The third-order valence-electron chi connectivity index (χ3n) is 9.17. The molecule has 1 amide bonds. The first-order valence-electron chi connectivity index (χ1n) is 16.1. The number of amides is 1. The second-order valence-corrected chi connectivity index (χ2v) is 13.7. The van der Waals surface area contributed by atoms with E-state index < -0.39 is 5.91 Å². The number of carbonyl (C=O) groups excluding carboxylic acids is 1. The standard InChI is InChI=1S/C36H36FN7O3S2/c1-5-6-16-42-32(41-19-17-40(18-20-41)29-15-11-10-14-28(29)37)26(23(2)27(22-38)33(42)45)21-30-34(46)43(36(48)49-30)31-24(3)39(4)44(35(31)47)25-12-8-7-9-13-25/h7-15,21H,5-6,16-20H2,1-4H3. The fourth-order valence-electron chi connectivity index (χ4n) is 6.48. The van der Waals surface area contributed by atoms with E-state index in [2.05, 4.69) is 11.0 Å². The van der Waals surface area contributed by atoms with E-state index in [1.807, 2.05) is 42.2 Å². The van der Waals surface area contributed by atoms with Gasteiger partial charge in [0.1, 0.15) is 29.0 Å². The van der Waals surface area contributed by atoms with E-state index in [-0.39, 0.29) is 37.4 Å². The maximum Gasteiger partial charge on any atom is 0.296 e. The Kier molecular flexibility index (Phi) is 9.63. The van der Waals surface area contributed by atoms with Crippen LogP contribution in [0.4, 0.5) is 21.6 Å². The largest absolute Gasteiger partial charge is 0.366 e. The molecule has 0 bridgehead atoms. The topological polar surface area (TPSA) is 99.5 Å². The Morgan fingerprint density at radius 3 is 2.27 bits per heavy atom. The van der Waals surface area contributed by atoms with Crippen LogP contribution in [0.25, 0.3) is 11.8 Å². The summed E-state index contributed by atoms with van der Waals surface area (Å²) in [6, 6.07) is 17.9. The maximum atomic E-state index is 14.7.